The van der Waals surface area contributed by atoms with Crippen molar-refractivity contribution in [2.24, 2.45) is 0 Å². The molecular weight excluding hydrogens is 423 g/mol. The Labute approximate surface area is 186 Å². The fourth-order valence-electron chi connectivity index (χ4n) is 4.85. The summed E-state index contributed by atoms with van der Waals surface area (Å²) in [7, 11) is 0. The molecule has 3 atom stereocenters. The van der Waals surface area contributed by atoms with Crippen LogP contribution in [0.25, 0.3) is 0 Å². The van der Waals surface area contributed by atoms with E-state index in [1.807, 2.05) is 4.90 Å². The minimum atomic E-state index is -0.574. The van der Waals surface area contributed by atoms with E-state index in [0.29, 0.717) is 32.4 Å². The largest absolute Gasteiger partial charge is 0.353 e. The molecule has 3 aliphatic rings. The zero-order valence-corrected chi connectivity index (χ0v) is 18.2. The molecule has 2 N–H and O–H groups in total. The zero-order valence-electron chi connectivity index (χ0n) is 17.4. The molecule has 168 valence electrons. The van der Waals surface area contributed by atoms with Gasteiger partial charge in [-0.15, -0.1) is 0 Å². The predicted octanol–water partition coefficient (Wildman–Crippen LogP) is 1.94. The van der Waals surface area contributed by atoms with Crippen LogP contribution in [-0.4, -0.2) is 71.8 Å². The first kappa shape index (κ1) is 22.0. The van der Waals surface area contributed by atoms with Crippen LogP contribution in [0.5, 0.6) is 0 Å². The van der Waals surface area contributed by atoms with Gasteiger partial charge in [-0.3, -0.25) is 19.3 Å². The van der Waals surface area contributed by atoms with Crippen molar-refractivity contribution >= 4 is 29.3 Å². The summed E-state index contributed by atoms with van der Waals surface area (Å²) in [5, 5.41) is 5.79. The maximum atomic E-state index is 13.4. The van der Waals surface area contributed by atoms with E-state index >= 15 is 0 Å². The lowest BCUT2D eigenvalue weighted by Gasteiger charge is -2.37. The monoisotopic (exact) mass is 450 g/mol. The third-order valence-corrected chi connectivity index (χ3v) is 6.83. The summed E-state index contributed by atoms with van der Waals surface area (Å²) in [5.41, 5.74) is 0.282. The first-order valence-electron chi connectivity index (χ1n) is 11.0. The Morgan fingerprint density at radius 3 is 2.74 bits per heavy atom. The van der Waals surface area contributed by atoms with E-state index in [-0.39, 0.29) is 46.4 Å². The molecule has 1 aromatic carbocycles. The molecular formula is C22H28ClFN4O3. The van der Waals surface area contributed by atoms with Crippen molar-refractivity contribution in [3.8, 4) is 0 Å². The van der Waals surface area contributed by atoms with Gasteiger partial charge in [0.25, 0.3) is 5.91 Å². The summed E-state index contributed by atoms with van der Waals surface area (Å²) < 4.78 is 13.4. The molecule has 7 nitrogen and oxygen atoms in total. The molecule has 0 aromatic heterocycles. The number of piperidine rings is 1. The second kappa shape index (κ2) is 9.53. The summed E-state index contributed by atoms with van der Waals surface area (Å²) in [6, 6.07) is 3.41. The number of carbonyl (C=O) groups excluding carboxylic acids is 3. The van der Waals surface area contributed by atoms with Crippen LogP contribution in [0.3, 0.4) is 0 Å². The number of halogens is 2. The first-order valence-corrected chi connectivity index (χ1v) is 11.4. The second-order valence-corrected chi connectivity index (χ2v) is 9.03. The minimum absolute atomic E-state index is 0.0415. The molecule has 1 aromatic rings. The molecule has 9 heteroatoms. The smallest absolute Gasteiger partial charge is 0.251 e. The van der Waals surface area contributed by atoms with Gasteiger partial charge in [0.1, 0.15) is 5.82 Å². The van der Waals surface area contributed by atoms with Crippen LogP contribution < -0.4 is 10.6 Å². The number of nitrogens with zero attached hydrogens (tertiary/aromatic N) is 2. The summed E-state index contributed by atoms with van der Waals surface area (Å²) >= 11 is 5.78. The van der Waals surface area contributed by atoms with E-state index in [0.717, 1.165) is 32.0 Å². The summed E-state index contributed by atoms with van der Waals surface area (Å²) in [6.07, 6.45) is 4.98. The number of carbonyl (C=O) groups is 3. The molecule has 0 saturated carbocycles. The Bertz CT molecular complexity index is 861. The van der Waals surface area contributed by atoms with Crippen molar-refractivity contribution in [2.45, 2.75) is 56.7 Å². The van der Waals surface area contributed by atoms with Gasteiger partial charge in [-0.25, -0.2) is 4.39 Å². The van der Waals surface area contributed by atoms with Gasteiger partial charge in [-0.2, -0.15) is 0 Å². The van der Waals surface area contributed by atoms with E-state index in [4.69, 9.17) is 11.6 Å². The molecule has 3 amide bonds. The molecule has 3 saturated heterocycles. The third kappa shape index (κ3) is 5.01. The fourth-order valence-corrected chi connectivity index (χ4v) is 5.03. The second-order valence-electron chi connectivity index (χ2n) is 8.63. The van der Waals surface area contributed by atoms with E-state index in [1.165, 1.54) is 18.6 Å². The van der Waals surface area contributed by atoms with Crippen LogP contribution in [0, 0.1) is 5.82 Å². The van der Waals surface area contributed by atoms with Crippen LogP contribution in [0.1, 0.15) is 48.9 Å². The number of nitrogens with one attached hydrogen (secondary N) is 2. The third-order valence-electron chi connectivity index (χ3n) is 6.54. The van der Waals surface area contributed by atoms with Crippen molar-refractivity contribution < 1.29 is 18.8 Å². The van der Waals surface area contributed by atoms with Gasteiger partial charge < -0.3 is 15.5 Å². The number of benzene rings is 1. The van der Waals surface area contributed by atoms with Gasteiger partial charge >= 0.3 is 0 Å². The highest BCUT2D eigenvalue weighted by Gasteiger charge is 2.43. The minimum Gasteiger partial charge on any atom is -0.353 e. The number of piperazine rings is 1. The number of likely N-dealkylation sites (tertiary alicyclic amines) is 1. The van der Waals surface area contributed by atoms with E-state index < -0.39 is 5.82 Å². The van der Waals surface area contributed by atoms with Gasteiger partial charge in [0.2, 0.25) is 11.8 Å². The Balaban J connectivity index is 1.34. The van der Waals surface area contributed by atoms with E-state index in [9.17, 15) is 18.8 Å². The molecule has 3 heterocycles. The number of fused-ring (bicyclic) bond motifs is 1. The molecule has 3 fully saturated rings. The standard InChI is InChI=1S/C22H28ClFN4O3/c23-17-10-14(4-6-18(17)24)21(30)26-15-11-19-22(31)25-12-16(28(19)13-15)5-7-20(29)27-8-2-1-3-9-27/h4,6,10,15-16,19H,1-3,5,7-9,11-13H2,(H,25,31)(H,26,30)/t15-,16-,19+/m1/s1. The van der Waals surface area contributed by atoms with Crippen molar-refractivity contribution in [2.75, 3.05) is 26.2 Å². The lowest BCUT2D eigenvalue weighted by molar-refractivity contribution is -0.133. The summed E-state index contributed by atoms with van der Waals surface area (Å²) in [5.74, 6) is -0.774. The molecule has 0 bridgehead atoms. The summed E-state index contributed by atoms with van der Waals surface area (Å²) in [6.45, 7) is 2.74. The van der Waals surface area contributed by atoms with E-state index in [2.05, 4.69) is 15.5 Å². The molecule has 0 radical (unpaired) electrons. The van der Waals surface area contributed by atoms with Crippen LogP contribution in [0.15, 0.2) is 18.2 Å². The average molecular weight is 451 g/mol. The molecule has 31 heavy (non-hydrogen) atoms. The van der Waals surface area contributed by atoms with Crippen molar-refractivity contribution in [1.82, 2.24) is 20.4 Å². The first-order chi connectivity index (χ1) is 14.9. The SMILES string of the molecule is O=C(N[C@@H]1C[C@H]2C(=O)NC[C@@H](CCC(=O)N3CCCCC3)N2C1)c1ccc(F)c(Cl)c1. The van der Waals surface area contributed by atoms with Gasteiger partial charge in [0.05, 0.1) is 11.1 Å². The van der Waals surface area contributed by atoms with Gasteiger partial charge in [-0.05, 0) is 50.3 Å². The maximum absolute atomic E-state index is 13.4. The Kier molecular flexibility index (Phi) is 6.77. The lowest BCUT2D eigenvalue weighted by Crippen LogP contribution is -2.58. The number of hydrogen-bond donors (Lipinski definition) is 2. The zero-order chi connectivity index (χ0) is 22.0. The number of amides is 3. The van der Waals surface area contributed by atoms with Crippen LogP contribution in [0.2, 0.25) is 5.02 Å². The van der Waals surface area contributed by atoms with Crippen LogP contribution in [0.4, 0.5) is 4.39 Å². The lowest BCUT2D eigenvalue weighted by atomic mass is 10.0. The fraction of sp³-hybridized carbons (Fsp3) is 0.591. The Morgan fingerprint density at radius 2 is 2.00 bits per heavy atom. The van der Waals surface area contributed by atoms with Crippen molar-refractivity contribution in [3.63, 3.8) is 0 Å². The Hall–Kier alpha value is -2.19. The molecule has 0 unspecified atom stereocenters. The highest BCUT2D eigenvalue weighted by molar-refractivity contribution is 6.31. The van der Waals surface area contributed by atoms with Crippen LogP contribution in [-0.2, 0) is 9.59 Å². The van der Waals surface area contributed by atoms with Gasteiger partial charge in [0, 0.05) is 50.2 Å². The molecule has 0 spiro atoms. The molecule has 3 aliphatic heterocycles. The molecule has 0 aliphatic carbocycles. The highest BCUT2D eigenvalue weighted by Crippen LogP contribution is 2.27. The maximum Gasteiger partial charge on any atom is 0.251 e. The Morgan fingerprint density at radius 1 is 1.23 bits per heavy atom. The normalized spacial score (nSPS) is 26.3. The predicted molar refractivity (Wildman–Crippen MR) is 114 cm³/mol. The van der Waals surface area contributed by atoms with E-state index in [1.54, 1.807) is 0 Å². The van der Waals surface area contributed by atoms with Crippen molar-refractivity contribution in [3.05, 3.63) is 34.6 Å². The average Bonchev–Trinajstić information content (AvgIpc) is 3.20. The highest BCUT2D eigenvalue weighted by atomic mass is 35.5. The van der Waals surface area contributed by atoms with Crippen LogP contribution >= 0.6 is 11.6 Å². The van der Waals surface area contributed by atoms with Gasteiger partial charge in [0.15, 0.2) is 0 Å². The van der Waals surface area contributed by atoms with Gasteiger partial charge in [-0.1, -0.05) is 11.6 Å². The van der Waals surface area contributed by atoms with Crippen molar-refractivity contribution in [1.29, 1.82) is 0 Å². The molecule has 4 rings (SSSR count). The number of rotatable bonds is 5. The number of hydrogen-bond acceptors (Lipinski definition) is 4. The quantitative estimate of drug-likeness (QED) is 0.718. The topological polar surface area (TPSA) is 81.8 Å². The summed E-state index contributed by atoms with van der Waals surface area (Å²) in [4.78, 5) is 41.6.